The van der Waals surface area contributed by atoms with E-state index in [2.05, 4.69) is 12.2 Å². The van der Waals surface area contributed by atoms with Gasteiger partial charge in [-0.25, -0.2) is 0 Å². The molecule has 4 nitrogen and oxygen atoms in total. The normalized spacial score (nSPS) is 35.2. The van der Waals surface area contributed by atoms with Gasteiger partial charge in [0.15, 0.2) is 0 Å². The zero-order valence-corrected chi connectivity index (χ0v) is 12.2. The van der Waals surface area contributed by atoms with Crippen LogP contribution >= 0.6 is 0 Å². The molecule has 1 saturated carbocycles. The number of hydrogen-bond acceptors (Lipinski definition) is 3. The van der Waals surface area contributed by atoms with Crippen LogP contribution in [-0.2, 0) is 9.59 Å². The second kappa shape index (κ2) is 4.69. The number of imide groups is 1. The molecule has 0 aromatic rings. The van der Waals surface area contributed by atoms with Crippen LogP contribution < -0.4 is 0 Å². The Balaban J connectivity index is 1.83. The first kappa shape index (κ1) is 13.8. The van der Waals surface area contributed by atoms with Crippen molar-refractivity contribution in [3.05, 3.63) is 12.2 Å². The Morgan fingerprint density at radius 1 is 1.15 bits per heavy atom. The Bertz CT molecular complexity index is 428. The molecule has 3 rings (SSSR count). The van der Waals surface area contributed by atoms with Gasteiger partial charge in [0, 0.05) is 12.0 Å². The van der Waals surface area contributed by atoms with E-state index in [1.54, 1.807) is 0 Å². The summed E-state index contributed by atoms with van der Waals surface area (Å²) in [4.78, 5) is 26.7. The Kier molecular flexibility index (Phi) is 3.24. The van der Waals surface area contributed by atoms with Gasteiger partial charge < -0.3 is 5.11 Å². The summed E-state index contributed by atoms with van der Waals surface area (Å²) in [6, 6.07) is 0. The third kappa shape index (κ3) is 1.70. The topological polar surface area (TPSA) is 57.6 Å². The summed E-state index contributed by atoms with van der Waals surface area (Å²) < 4.78 is 0. The van der Waals surface area contributed by atoms with Crippen molar-refractivity contribution in [1.82, 2.24) is 4.90 Å². The first-order valence-electron chi connectivity index (χ1n) is 7.71. The van der Waals surface area contributed by atoms with Gasteiger partial charge in [-0.2, -0.15) is 0 Å². The third-order valence-electron chi connectivity index (χ3n) is 5.89. The van der Waals surface area contributed by atoms with Crippen molar-refractivity contribution in [3.63, 3.8) is 0 Å². The molecule has 0 radical (unpaired) electrons. The monoisotopic (exact) mass is 277 g/mol. The Labute approximate surface area is 119 Å². The molecule has 2 amide bonds. The number of fused-ring (bicyclic) bond motifs is 5. The summed E-state index contributed by atoms with van der Waals surface area (Å²) in [5.74, 6) is 0.273. The molecule has 3 aliphatic rings. The number of nitrogens with zero attached hydrogens (tertiary/aromatic N) is 1. The molecule has 1 saturated heterocycles. The Hall–Kier alpha value is -1.16. The average Bonchev–Trinajstić information content (AvgIpc) is 3.14. The van der Waals surface area contributed by atoms with E-state index in [0.29, 0.717) is 6.54 Å². The largest absolute Gasteiger partial charge is 0.396 e. The summed E-state index contributed by atoms with van der Waals surface area (Å²) in [5.41, 5.74) is -0.337. The van der Waals surface area contributed by atoms with Gasteiger partial charge in [0.05, 0.1) is 18.4 Å². The first-order valence-corrected chi connectivity index (χ1v) is 7.71. The number of likely N-dealkylation sites (tertiary alicyclic amines) is 1. The molecule has 2 fully saturated rings. The second-order valence-electron chi connectivity index (χ2n) is 6.63. The lowest BCUT2D eigenvalue weighted by atomic mass is 9.82. The highest BCUT2D eigenvalue weighted by atomic mass is 16.3. The highest BCUT2D eigenvalue weighted by Gasteiger charge is 2.59. The zero-order chi connectivity index (χ0) is 14.5. The molecule has 110 valence electrons. The molecule has 0 aromatic heterocycles. The molecule has 1 aliphatic heterocycles. The number of rotatable bonds is 5. The van der Waals surface area contributed by atoms with Gasteiger partial charge in [-0.15, -0.1) is 0 Å². The third-order valence-corrected chi connectivity index (χ3v) is 5.89. The van der Waals surface area contributed by atoms with Crippen molar-refractivity contribution in [2.75, 3.05) is 13.2 Å². The maximum absolute atomic E-state index is 12.6. The molecule has 0 aromatic carbocycles. The average molecular weight is 277 g/mol. The van der Waals surface area contributed by atoms with Crippen molar-refractivity contribution in [3.8, 4) is 0 Å². The van der Waals surface area contributed by atoms with E-state index in [-0.39, 0.29) is 47.5 Å². The summed E-state index contributed by atoms with van der Waals surface area (Å²) in [6.07, 6.45) is 6.74. The smallest absolute Gasteiger partial charge is 0.233 e. The molecule has 4 heteroatoms. The zero-order valence-electron chi connectivity index (χ0n) is 12.2. The van der Waals surface area contributed by atoms with Crippen molar-refractivity contribution in [1.29, 1.82) is 0 Å². The molecule has 1 heterocycles. The molecule has 0 spiro atoms. The minimum Gasteiger partial charge on any atom is -0.396 e. The van der Waals surface area contributed by atoms with E-state index in [4.69, 9.17) is 0 Å². The first-order chi connectivity index (χ1) is 9.56. The van der Waals surface area contributed by atoms with Crippen molar-refractivity contribution in [2.45, 2.75) is 33.1 Å². The van der Waals surface area contributed by atoms with E-state index < -0.39 is 0 Å². The van der Waals surface area contributed by atoms with Crippen LogP contribution in [-0.4, -0.2) is 35.0 Å². The molecular formula is C16H23NO3. The number of carbonyl (C=O) groups is 2. The van der Waals surface area contributed by atoms with E-state index in [9.17, 15) is 14.7 Å². The lowest BCUT2D eigenvalue weighted by molar-refractivity contribution is -0.143. The summed E-state index contributed by atoms with van der Waals surface area (Å²) >= 11 is 0. The predicted molar refractivity (Wildman–Crippen MR) is 74.5 cm³/mol. The van der Waals surface area contributed by atoms with Crippen molar-refractivity contribution in [2.24, 2.45) is 29.1 Å². The minimum atomic E-state index is -0.337. The predicted octanol–water partition coefficient (Wildman–Crippen LogP) is 1.59. The van der Waals surface area contributed by atoms with Gasteiger partial charge in [0.1, 0.15) is 0 Å². The van der Waals surface area contributed by atoms with Crippen LogP contribution in [0.25, 0.3) is 0 Å². The number of amides is 2. The highest BCUT2D eigenvalue weighted by molar-refractivity contribution is 6.06. The fourth-order valence-electron chi connectivity index (χ4n) is 4.20. The molecule has 2 aliphatic carbocycles. The molecular weight excluding hydrogens is 254 g/mol. The fraction of sp³-hybridized carbons (Fsp3) is 0.750. The van der Waals surface area contributed by atoms with E-state index in [1.807, 2.05) is 13.8 Å². The SMILES string of the molecule is CCC(CC)(CO)CN1C(=O)C2C3C=CC(C3)C2C1=O. The van der Waals surface area contributed by atoms with Crippen LogP contribution in [0.5, 0.6) is 0 Å². The summed E-state index contributed by atoms with van der Waals surface area (Å²) in [7, 11) is 0. The number of hydrogen-bond donors (Lipinski definition) is 1. The summed E-state index contributed by atoms with van der Waals surface area (Å²) in [6.45, 7) is 4.42. The van der Waals surface area contributed by atoms with E-state index in [1.165, 1.54) is 4.90 Å². The van der Waals surface area contributed by atoms with Gasteiger partial charge in [-0.3, -0.25) is 14.5 Å². The van der Waals surface area contributed by atoms with Crippen LogP contribution in [0.3, 0.4) is 0 Å². The molecule has 20 heavy (non-hydrogen) atoms. The second-order valence-corrected chi connectivity index (χ2v) is 6.63. The van der Waals surface area contributed by atoms with Gasteiger partial charge in [-0.1, -0.05) is 26.0 Å². The van der Waals surface area contributed by atoms with Crippen LogP contribution in [0.2, 0.25) is 0 Å². The van der Waals surface area contributed by atoms with E-state index in [0.717, 1.165) is 19.3 Å². The minimum absolute atomic E-state index is 0.00317. The number of allylic oxidation sites excluding steroid dienone is 2. The number of aliphatic hydroxyl groups excluding tert-OH is 1. The summed E-state index contributed by atoms with van der Waals surface area (Å²) in [5, 5.41) is 9.67. The lowest BCUT2D eigenvalue weighted by Crippen LogP contribution is -2.43. The van der Waals surface area contributed by atoms with Crippen LogP contribution in [0.4, 0.5) is 0 Å². The lowest BCUT2D eigenvalue weighted by Gasteiger charge is -2.33. The van der Waals surface area contributed by atoms with Gasteiger partial charge in [0.25, 0.3) is 0 Å². The maximum atomic E-state index is 12.6. The van der Waals surface area contributed by atoms with Crippen molar-refractivity contribution >= 4 is 11.8 Å². The van der Waals surface area contributed by atoms with Gasteiger partial charge >= 0.3 is 0 Å². The maximum Gasteiger partial charge on any atom is 0.233 e. The number of aliphatic hydroxyl groups is 1. The fourth-order valence-corrected chi connectivity index (χ4v) is 4.20. The standard InChI is InChI=1S/C16H23NO3/c1-3-16(4-2,9-18)8-17-14(19)12-10-5-6-11(7-10)13(12)15(17)20/h5-6,10-13,18H,3-4,7-9H2,1-2H3. The van der Waals surface area contributed by atoms with Crippen molar-refractivity contribution < 1.29 is 14.7 Å². The van der Waals surface area contributed by atoms with Crippen LogP contribution in [0.1, 0.15) is 33.1 Å². The Morgan fingerprint density at radius 2 is 1.65 bits per heavy atom. The highest BCUT2D eigenvalue weighted by Crippen LogP contribution is 2.53. The van der Waals surface area contributed by atoms with Gasteiger partial charge in [-0.05, 0) is 31.1 Å². The van der Waals surface area contributed by atoms with Crippen LogP contribution in [0.15, 0.2) is 12.2 Å². The molecule has 4 unspecified atom stereocenters. The van der Waals surface area contributed by atoms with Crippen LogP contribution in [0, 0.1) is 29.1 Å². The Morgan fingerprint density at radius 3 is 2.05 bits per heavy atom. The molecule has 1 N–H and O–H groups in total. The van der Waals surface area contributed by atoms with E-state index >= 15 is 0 Å². The molecule has 2 bridgehead atoms. The number of carbonyl (C=O) groups excluding carboxylic acids is 2. The quantitative estimate of drug-likeness (QED) is 0.613. The molecule has 4 atom stereocenters. The van der Waals surface area contributed by atoms with Gasteiger partial charge in [0.2, 0.25) is 11.8 Å².